The molecule has 0 amide bonds. The monoisotopic (exact) mass is 383 g/mol. The molecular weight excluding hydrogens is 370 g/mol. The van der Waals surface area contributed by atoms with Gasteiger partial charge in [0.1, 0.15) is 0 Å². The molecule has 4 aliphatic rings. The van der Waals surface area contributed by atoms with Crippen molar-refractivity contribution in [3.63, 3.8) is 0 Å². The summed E-state index contributed by atoms with van der Waals surface area (Å²) in [5.41, 5.74) is 1.28. The van der Waals surface area contributed by atoms with Crippen LogP contribution in [0.15, 0.2) is 30.4 Å². The molecule has 3 aliphatic carbocycles. The number of fused-ring (bicyclic) bond motifs is 2. The molecule has 0 spiro atoms. The Labute approximate surface area is 150 Å². The lowest BCUT2D eigenvalue weighted by Crippen LogP contribution is -2.52. The SMILES string of the molecule is Oc1c2c(c(O)n1-c1ccc3c(c1)OC(F)(F)C(F)(F)O3)[C@H]1C=C[C@@H]2CC1. The maximum Gasteiger partial charge on any atom is 0.507 e. The summed E-state index contributed by atoms with van der Waals surface area (Å²) in [5, 5.41) is 21.3. The van der Waals surface area contributed by atoms with Crippen LogP contribution in [0.2, 0.25) is 0 Å². The lowest BCUT2D eigenvalue weighted by molar-refractivity contribution is -0.391. The lowest BCUT2D eigenvalue weighted by atomic mass is 9.73. The summed E-state index contributed by atoms with van der Waals surface area (Å²) in [4.78, 5) is 0. The van der Waals surface area contributed by atoms with Crippen LogP contribution in [0.5, 0.6) is 23.3 Å². The highest BCUT2D eigenvalue weighted by atomic mass is 19.3. The highest BCUT2D eigenvalue weighted by Gasteiger charge is 2.66. The zero-order valence-corrected chi connectivity index (χ0v) is 13.6. The normalized spacial score (nSPS) is 26.1. The van der Waals surface area contributed by atoms with Crippen LogP contribution in [0, 0.1) is 0 Å². The molecule has 1 aromatic heterocycles. The number of nitrogens with zero attached hydrogens (tertiary/aromatic N) is 1. The molecule has 2 aromatic rings. The fourth-order valence-corrected chi connectivity index (χ4v) is 4.05. The predicted molar refractivity (Wildman–Crippen MR) is 84.1 cm³/mol. The Morgan fingerprint density at radius 2 is 1.37 bits per heavy atom. The summed E-state index contributed by atoms with van der Waals surface area (Å²) >= 11 is 0. The highest BCUT2D eigenvalue weighted by Crippen LogP contribution is 2.55. The van der Waals surface area contributed by atoms with Crippen molar-refractivity contribution >= 4 is 0 Å². The molecule has 2 N–H and O–H groups in total. The third kappa shape index (κ3) is 2.05. The Kier molecular flexibility index (Phi) is 2.97. The first-order valence-electron chi connectivity index (χ1n) is 8.32. The van der Waals surface area contributed by atoms with Gasteiger partial charge in [-0.3, -0.25) is 4.57 Å². The van der Waals surface area contributed by atoms with Crippen molar-refractivity contribution in [3.05, 3.63) is 41.5 Å². The highest BCUT2D eigenvalue weighted by molar-refractivity contribution is 5.62. The second-order valence-corrected chi connectivity index (χ2v) is 6.85. The largest absolute Gasteiger partial charge is 0.507 e. The number of aromatic hydroxyl groups is 2. The molecule has 6 rings (SSSR count). The number of halogens is 4. The van der Waals surface area contributed by atoms with Gasteiger partial charge in [-0.2, -0.15) is 17.6 Å². The van der Waals surface area contributed by atoms with Gasteiger partial charge in [0.15, 0.2) is 11.5 Å². The lowest BCUT2D eigenvalue weighted by Gasteiger charge is -2.32. The van der Waals surface area contributed by atoms with E-state index >= 15 is 0 Å². The number of benzene rings is 1. The van der Waals surface area contributed by atoms with Gasteiger partial charge in [-0.05, 0) is 25.0 Å². The van der Waals surface area contributed by atoms with Gasteiger partial charge in [0.05, 0.1) is 5.69 Å². The fourth-order valence-electron chi connectivity index (χ4n) is 4.05. The number of rotatable bonds is 1. The van der Waals surface area contributed by atoms with Crippen LogP contribution >= 0.6 is 0 Å². The van der Waals surface area contributed by atoms with Crippen molar-refractivity contribution in [1.29, 1.82) is 0 Å². The van der Waals surface area contributed by atoms with Crippen molar-refractivity contribution in [2.45, 2.75) is 36.9 Å². The Morgan fingerprint density at radius 1 is 0.852 bits per heavy atom. The maximum atomic E-state index is 13.4. The molecule has 9 heteroatoms. The molecule has 142 valence electrons. The minimum absolute atomic E-state index is 0.0441. The van der Waals surface area contributed by atoms with E-state index in [0.717, 1.165) is 29.5 Å². The molecule has 1 aliphatic heterocycles. The number of hydrogen-bond acceptors (Lipinski definition) is 4. The summed E-state index contributed by atoms with van der Waals surface area (Å²) < 4.78 is 62.7. The first-order chi connectivity index (χ1) is 12.7. The third-order valence-electron chi connectivity index (χ3n) is 5.30. The molecule has 0 radical (unpaired) electrons. The van der Waals surface area contributed by atoms with E-state index in [0.29, 0.717) is 11.1 Å². The summed E-state index contributed by atoms with van der Waals surface area (Å²) in [7, 11) is 0. The van der Waals surface area contributed by atoms with Crippen LogP contribution in [0.25, 0.3) is 5.69 Å². The van der Waals surface area contributed by atoms with Gasteiger partial charge >= 0.3 is 12.2 Å². The molecule has 2 bridgehead atoms. The van der Waals surface area contributed by atoms with Gasteiger partial charge in [0, 0.05) is 29.0 Å². The number of aromatic nitrogens is 1. The molecular formula is C18H13F4NO4. The smallest absolute Gasteiger partial charge is 0.494 e. The van der Waals surface area contributed by atoms with Crippen LogP contribution in [0.4, 0.5) is 17.6 Å². The van der Waals surface area contributed by atoms with Gasteiger partial charge in [0.25, 0.3) is 0 Å². The Hall–Kier alpha value is -2.84. The Bertz CT molecular complexity index is 960. The minimum atomic E-state index is -4.85. The van der Waals surface area contributed by atoms with E-state index in [1.165, 1.54) is 6.07 Å². The first-order valence-corrected chi connectivity index (χ1v) is 8.32. The molecule has 0 saturated heterocycles. The zero-order chi connectivity index (χ0) is 19.1. The van der Waals surface area contributed by atoms with Crippen LogP contribution in [-0.4, -0.2) is 27.0 Å². The molecule has 2 heterocycles. The number of allylic oxidation sites excluding steroid dienone is 2. The minimum Gasteiger partial charge on any atom is -0.494 e. The van der Waals surface area contributed by atoms with E-state index in [1.54, 1.807) is 0 Å². The van der Waals surface area contributed by atoms with E-state index in [4.69, 9.17) is 0 Å². The first kappa shape index (κ1) is 16.3. The fraction of sp³-hybridized carbons (Fsp3) is 0.333. The van der Waals surface area contributed by atoms with Gasteiger partial charge in [0.2, 0.25) is 11.8 Å². The summed E-state index contributed by atoms with van der Waals surface area (Å²) in [5.74, 6) is -1.69. The molecule has 27 heavy (non-hydrogen) atoms. The molecule has 5 nitrogen and oxygen atoms in total. The number of alkyl halides is 4. The van der Waals surface area contributed by atoms with Crippen molar-refractivity contribution in [2.24, 2.45) is 0 Å². The molecule has 1 aromatic carbocycles. The van der Waals surface area contributed by atoms with Gasteiger partial charge in [-0.25, -0.2) is 0 Å². The van der Waals surface area contributed by atoms with Crippen molar-refractivity contribution in [2.75, 3.05) is 0 Å². The van der Waals surface area contributed by atoms with Crippen molar-refractivity contribution in [1.82, 2.24) is 4.57 Å². The van der Waals surface area contributed by atoms with Crippen LogP contribution < -0.4 is 9.47 Å². The number of hydrogen-bond donors (Lipinski definition) is 2. The van der Waals surface area contributed by atoms with E-state index in [-0.39, 0.29) is 29.3 Å². The van der Waals surface area contributed by atoms with Crippen LogP contribution in [0.1, 0.15) is 35.8 Å². The molecule has 0 fully saturated rings. The molecule has 0 unspecified atom stereocenters. The maximum absolute atomic E-state index is 13.4. The van der Waals surface area contributed by atoms with Crippen molar-refractivity contribution < 1.29 is 37.2 Å². The summed E-state index contributed by atoms with van der Waals surface area (Å²) in [6.45, 7) is 0. The Morgan fingerprint density at radius 3 is 1.89 bits per heavy atom. The zero-order valence-electron chi connectivity index (χ0n) is 13.6. The number of ether oxygens (including phenoxy) is 2. The molecule has 2 atom stereocenters. The summed E-state index contributed by atoms with van der Waals surface area (Å²) in [6, 6.07) is 3.30. The van der Waals surface area contributed by atoms with Gasteiger partial charge in [-0.15, -0.1) is 0 Å². The van der Waals surface area contributed by atoms with Gasteiger partial charge in [-0.1, -0.05) is 12.2 Å². The average Bonchev–Trinajstić information content (AvgIpc) is 2.89. The van der Waals surface area contributed by atoms with E-state index in [2.05, 4.69) is 9.47 Å². The summed E-state index contributed by atoms with van der Waals surface area (Å²) in [6.07, 6.45) is -4.06. The van der Waals surface area contributed by atoms with Crippen LogP contribution in [0.3, 0.4) is 0 Å². The predicted octanol–water partition coefficient (Wildman–Crippen LogP) is 4.38. The average molecular weight is 383 g/mol. The second-order valence-electron chi connectivity index (χ2n) is 6.85. The van der Waals surface area contributed by atoms with E-state index in [1.807, 2.05) is 12.2 Å². The third-order valence-corrected chi connectivity index (χ3v) is 5.30. The topological polar surface area (TPSA) is 63.9 Å². The second kappa shape index (κ2) is 4.90. The van der Waals surface area contributed by atoms with E-state index in [9.17, 15) is 27.8 Å². The quantitative estimate of drug-likeness (QED) is 0.567. The standard InChI is InChI=1S/C18H13F4NO4/c19-17(20)18(21,22)27-12-7-10(5-6-11(12)26-17)23-15(24)13-8-1-2-9(4-3-8)14(13)16(23)25/h1-2,5-9,24-25H,3-4H2/t8-,9+. The van der Waals surface area contributed by atoms with E-state index < -0.39 is 23.7 Å². The Balaban J connectivity index is 1.63. The van der Waals surface area contributed by atoms with Gasteiger partial charge < -0.3 is 19.7 Å². The van der Waals surface area contributed by atoms with Crippen LogP contribution in [-0.2, 0) is 0 Å². The molecule has 0 saturated carbocycles. The van der Waals surface area contributed by atoms with Crippen molar-refractivity contribution in [3.8, 4) is 28.9 Å².